The summed E-state index contributed by atoms with van der Waals surface area (Å²) >= 11 is 8.01. The molecule has 31 heavy (non-hydrogen) atoms. The van der Waals surface area contributed by atoms with Crippen LogP contribution in [0.3, 0.4) is 0 Å². The Labute approximate surface area is 192 Å². The Hall–Kier alpha value is -2.34. The van der Waals surface area contributed by atoms with Gasteiger partial charge in [0, 0.05) is 58.8 Å². The van der Waals surface area contributed by atoms with Crippen molar-refractivity contribution in [2.75, 3.05) is 32.0 Å². The van der Waals surface area contributed by atoms with E-state index in [1.54, 1.807) is 0 Å². The van der Waals surface area contributed by atoms with E-state index in [2.05, 4.69) is 59.6 Å². The first-order chi connectivity index (χ1) is 15.1. The minimum atomic E-state index is 0.482. The standard InChI is InChI=1S/C25H27ClN4S/c1-17-13-22-24(23-19(6-4-10-27-23)15-28-25(22)31-17)30-12-11-29(2)21(16-30)9-8-18-5-3-7-20(26)14-18/h3-7,10,13-15,21,28H,8-9,11-12,16H2,1-2H3. The van der Waals surface area contributed by atoms with Crippen molar-refractivity contribution in [1.82, 2.24) is 14.8 Å². The van der Waals surface area contributed by atoms with Crippen molar-refractivity contribution in [3.8, 4) is 0 Å². The first kappa shape index (κ1) is 20.6. The fourth-order valence-electron chi connectivity index (χ4n) is 4.61. The molecule has 3 aromatic rings. The van der Waals surface area contributed by atoms with Crippen LogP contribution in [0.15, 0.2) is 48.7 Å². The number of aromatic nitrogens is 1. The van der Waals surface area contributed by atoms with Gasteiger partial charge in [-0.3, -0.25) is 9.88 Å². The molecule has 0 spiro atoms. The van der Waals surface area contributed by atoms with E-state index in [9.17, 15) is 0 Å². The molecule has 0 radical (unpaired) electrons. The molecule has 4 nitrogen and oxygen atoms in total. The predicted molar refractivity (Wildman–Crippen MR) is 131 cm³/mol. The molecule has 1 fully saturated rings. The first-order valence-corrected chi connectivity index (χ1v) is 12.0. The summed E-state index contributed by atoms with van der Waals surface area (Å²) in [7, 11) is 2.25. The zero-order valence-corrected chi connectivity index (χ0v) is 19.5. The molecule has 0 aliphatic carbocycles. The number of anilines is 1. The first-order valence-electron chi connectivity index (χ1n) is 10.8. The van der Waals surface area contributed by atoms with Crippen molar-refractivity contribution >= 4 is 39.8 Å². The number of nitrogens with one attached hydrogen (secondary N) is 1. The lowest BCUT2D eigenvalue weighted by molar-refractivity contribution is 0.128. The molecule has 1 N–H and O–H groups in total. The van der Waals surface area contributed by atoms with E-state index in [4.69, 9.17) is 16.6 Å². The second-order valence-corrected chi connectivity index (χ2v) is 10.1. The Morgan fingerprint density at radius 2 is 2.10 bits per heavy atom. The van der Waals surface area contributed by atoms with Gasteiger partial charge in [0.2, 0.25) is 0 Å². The number of benzene rings is 1. The molecule has 1 saturated heterocycles. The van der Waals surface area contributed by atoms with Gasteiger partial charge in [0.15, 0.2) is 0 Å². The molecule has 1 aromatic carbocycles. The molecule has 2 aliphatic rings. The van der Waals surface area contributed by atoms with Gasteiger partial charge < -0.3 is 10.2 Å². The lowest BCUT2D eigenvalue weighted by atomic mass is 10.0. The molecule has 2 aliphatic heterocycles. The van der Waals surface area contributed by atoms with Gasteiger partial charge in [-0.05, 0) is 62.7 Å². The number of hydrogen-bond donors (Lipinski definition) is 1. The maximum absolute atomic E-state index is 6.20. The predicted octanol–water partition coefficient (Wildman–Crippen LogP) is 3.67. The normalized spacial score (nSPS) is 18.6. The van der Waals surface area contributed by atoms with Crippen LogP contribution in [0.1, 0.15) is 22.4 Å². The van der Waals surface area contributed by atoms with Gasteiger partial charge in [-0.15, -0.1) is 11.3 Å². The Bertz CT molecular complexity index is 1220. The highest BCUT2D eigenvalue weighted by atomic mass is 35.5. The van der Waals surface area contributed by atoms with Crippen LogP contribution in [0.2, 0.25) is 5.02 Å². The summed E-state index contributed by atoms with van der Waals surface area (Å²) in [5, 5.41) is 7.77. The number of pyridine rings is 1. The SMILES string of the molecule is Cc1cc2c(s1)NC=c1cccnc1=C2N1CCN(C)C(CCc2cccc(Cl)c2)C1. The zero-order valence-electron chi connectivity index (χ0n) is 17.9. The summed E-state index contributed by atoms with van der Waals surface area (Å²) in [6.45, 7) is 5.22. The van der Waals surface area contributed by atoms with Crippen LogP contribution in [0, 0.1) is 6.92 Å². The molecule has 160 valence electrons. The molecule has 2 aromatic heterocycles. The van der Waals surface area contributed by atoms with Crippen LogP contribution in [0.4, 0.5) is 5.00 Å². The van der Waals surface area contributed by atoms with Gasteiger partial charge in [0.05, 0.1) is 11.0 Å². The Morgan fingerprint density at radius 1 is 1.19 bits per heavy atom. The minimum absolute atomic E-state index is 0.482. The Balaban J connectivity index is 1.48. The summed E-state index contributed by atoms with van der Waals surface area (Å²) in [5.74, 6) is 0. The van der Waals surface area contributed by atoms with Crippen LogP contribution in [0.25, 0.3) is 11.9 Å². The summed E-state index contributed by atoms with van der Waals surface area (Å²) in [6.07, 6.45) is 6.14. The van der Waals surface area contributed by atoms with Crippen molar-refractivity contribution in [1.29, 1.82) is 0 Å². The fourth-order valence-corrected chi connectivity index (χ4v) is 5.70. The van der Waals surface area contributed by atoms with Crippen LogP contribution in [0.5, 0.6) is 0 Å². The minimum Gasteiger partial charge on any atom is -0.366 e. The summed E-state index contributed by atoms with van der Waals surface area (Å²) in [5.41, 5.74) is 3.84. The molecule has 0 amide bonds. The maximum Gasteiger partial charge on any atom is 0.102 e. The Morgan fingerprint density at radius 3 is 2.97 bits per heavy atom. The third-order valence-electron chi connectivity index (χ3n) is 6.28. The lowest BCUT2D eigenvalue weighted by Crippen LogP contribution is -2.52. The lowest BCUT2D eigenvalue weighted by Gasteiger charge is -2.41. The van der Waals surface area contributed by atoms with E-state index < -0.39 is 0 Å². The highest BCUT2D eigenvalue weighted by Crippen LogP contribution is 2.35. The number of likely N-dealkylation sites (N-methyl/N-ethyl adjacent to an activating group) is 1. The van der Waals surface area contributed by atoms with E-state index in [1.165, 1.54) is 26.7 Å². The number of halogens is 1. The molecule has 1 atom stereocenters. The molecular weight excluding hydrogens is 424 g/mol. The summed E-state index contributed by atoms with van der Waals surface area (Å²) in [4.78, 5) is 11.2. The average molecular weight is 451 g/mol. The van der Waals surface area contributed by atoms with Gasteiger partial charge in [-0.25, -0.2) is 0 Å². The van der Waals surface area contributed by atoms with E-state index in [0.717, 1.165) is 48.1 Å². The van der Waals surface area contributed by atoms with Crippen molar-refractivity contribution in [3.63, 3.8) is 0 Å². The largest absolute Gasteiger partial charge is 0.366 e. The molecule has 0 saturated carbocycles. The third-order valence-corrected chi connectivity index (χ3v) is 7.50. The van der Waals surface area contributed by atoms with Crippen LogP contribution >= 0.6 is 22.9 Å². The number of fused-ring (bicyclic) bond motifs is 2. The van der Waals surface area contributed by atoms with Gasteiger partial charge in [0.1, 0.15) is 5.00 Å². The van der Waals surface area contributed by atoms with Gasteiger partial charge >= 0.3 is 0 Å². The number of nitrogens with zero attached hydrogens (tertiary/aromatic N) is 3. The molecule has 4 heterocycles. The van der Waals surface area contributed by atoms with Crippen LogP contribution in [-0.2, 0) is 6.42 Å². The smallest absolute Gasteiger partial charge is 0.102 e. The fraction of sp³-hybridized carbons (Fsp3) is 0.320. The third kappa shape index (κ3) is 4.22. The van der Waals surface area contributed by atoms with Gasteiger partial charge in [0.25, 0.3) is 0 Å². The van der Waals surface area contributed by atoms with Crippen molar-refractivity contribution < 1.29 is 0 Å². The number of rotatable bonds is 4. The number of thiophene rings is 1. The van der Waals surface area contributed by atoms with E-state index in [1.807, 2.05) is 35.7 Å². The maximum atomic E-state index is 6.20. The number of piperazine rings is 1. The molecule has 6 heteroatoms. The molecule has 0 bridgehead atoms. The van der Waals surface area contributed by atoms with E-state index in [0.29, 0.717) is 6.04 Å². The van der Waals surface area contributed by atoms with E-state index >= 15 is 0 Å². The van der Waals surface area contributed by atoms with Gasteiger partial charge in [-0.2, -0.15) is 0 Å². The number of hydrogen-bond acceptors (Lipinski definition) is 5. The quantitative estimate of drug-likeness (QED) is 0.657. The van der Waals surface area contributed by atoms with E-state index in [-0.39, 0.29) is 0 Å². The monoisotopic (exact) mass is 450 g/mol. The second kappa shape index (κ2) is 8.65. The van der Waals surface area contributed by atoms with Crippen molar-refractivity contribution in [3.05, 3.63) is 80.3 Å². The number of aryl methyl sites for hydroxylation is 2. The highest BCUT2D eigenvalue weighted by molar-refractivity contribution is 7.16. The second-order valence-electron chi connectivity index (χ2n) is 8.43. The molecule has 5 rings (SSSR count). The topological polar surface area (TPSA) is 31.4 Å². The van der Waals surface area contributed by atoms with Gasteiger partial charge in [-0.1, -0.05) is 23.7 Å². The summed E-state index contributed by atoms with van der Waals surface area (Å²) in [6, 6.07) is 15.2. The van der Waals surface area contributed by atoms with Crippen LogP contribution < -0.4 is 15.9 Å². The molecule has 1 unspecified atom stereocenters. The summed E-state index contributed by atoms with van der Waals surface area (Å²) < 4.78 is 0. The highest BCUT2D eigenvalue weighted by Gasteiger charge is 2.29. The zero-order chi connectivity index (χ0) is 21.4. The van der Waals surface area contributed by atoms with Crippen molar-refractivity contribution in [2.24, 2.45) is 0 Å². The van der Waals surface area contributed by atoms with Crippen molar-refractivity contribution in [2.45, 2.75) is 25.8 Å². The average Bonchev–Trinajstić information content (AvgIpc) is 3.06. The van der Waals surface area contributed by atoms with Crippen LogP contribution in [-0.4, -0.2) is 47.5 Å². The molecular formula is C25H27ClN4S. The Kier molecular flexibility index (Phi) is 5.74.